The molecule has 67 heavy (non-hydrogen) atoms. The number of carbonyl (C=O) groups is 1. The SMILES string of the molecule is O=C(O)c1cc(N=Nc2ccccc2-c2ccnc(Nc3ccc(C(F)(F)F)cc3)n2)ccc1Oc1ccc(N=Nc2ccc(O)cc2)c(-c2ccnc(Nc3ccc(C(F)(F)F)cc3)n2)c1. The number of aromatic nitrogens is 4. The Hall–Kier alpha value is -9.07. The van der Waals surface area contributed by atoms with Gasteiger partial charge in [0.1, 0.15) is 22.8 Å². The Morgan fingerprint density at radius 2 is 1.07 bits per heavy atom. The monoisotopic (exact) mass is 912 g/mol. The number of phenolic OH excluding ortho intramolecular Hbond substituents is 1. The van der Waals surface area contributed by atoms with Crippen molar-refractivity contribution in [3.05, 3.63) is 175 Å². The van der Waals surface area contributed by atoms with Gasteiger partial charge >= 0.3 is 18.3 Å². The maximum Gasteiger partial charge on any atom is 0.416 e. The summed E-state index contributed by atoms with van der Waals surface area (Å²) in [6, 6.07) is 33.5. The fraction of sp³-hybridized carbons (Fsp3) is 0.0426. The van der Waals surface area contributed by atoms with Gasteiger partial charge in [-0.25, -0.2) is 24.7 Å². The number of carboxylic acids is 1. The maximum absolute atomic E-state index is 13.2. The number of aromatic hydroxyl groups is 1. The molecule has 0 saturated carbocycles. The summed E-state index contributed by atoms with van der Waals surface area (Å²) in [6.45, 7) is 0. The van der Waals surface area contributed by atoms with Gasteiger partial charge in [-0.15, -0.1) is 10.2 Å². The Bertz CT molecular complexity index is 3130. The number of azo groups is 2. The second-order valence-electron chi connectivity index (χ2n) is 14.1. The number of aromatic carboxylic acids is 1. The Balaban J connectivity index is 1.05. The lowest BCUT2D eigenvalue weighted by Crippen LogP contribution is -2.05. The van der Waals surface area contributed by atoms with Crippen LogP contribution in [0, 0.1) is 0 Å². The van der Waals surface area contributed by atoms with Gasteiger partial charge in [0.25, 0.3) is 0 Å². The van der Waals surface area contributed by atoms with Crippen LogP contribution in [0.1, 0.15) is 21.5 Å². The number of alkyl halides is 6. The highest BCUT2D eigenvalue weighted by atomic mass is 19.4. The van der Waals surface area contributed by atoms with E-state index in [4.69, 9.17) is 4.74 Å². The minimum Gasteiger partial charge on any atom is -0.508 e. The number of rotatable bonds is 13. The number of anilines is 4. The summed E-state index contributed by atoms with van der Waals surface area (Å²) in [7, 11) is 0. The fourth-order valence-electron chi connectivity index (χ4n) is 6.24. The molecule has 0 fully saturated rings. The Labute approximate surface area is 375 Å². The molecule has 0 unspecified atom stereocenters. The first kappa shape index (κ1) is 44.5. The quantitative estimate of drug-likeness (QED) is 0.0639. The molecule has 2 aromatic heterocycles. The minimum absolute atomic E-state index is 0.0314. The van der Waals surface area contributed by atoms with E-state index < -0.39 is 29.4 Å². The summed E-state index contributed by atoms with van der Waals surface area (Å²) < 4.78 is 84.7. The molecular formula is C47H30F6N10O4. The third kappa shape index (κ3) is 11.2. The van der Waals surface area contributed by atoms with E-state index in [2.05, 4.69) is 51.0 Å². The van der Waals surface area contributed by atoms with Gasteiger partial charge in [-0.2, -0.15) is 36.6 Å². The second kappa shape index (κ2) is 19.0. The van der Waals surface area contributed by atoms with Crippen molar-refractivity contribution < 1.29 is 46.1 Å². The molecule has 334 valence electrons. The average Bonchev–Trinajstić information content (AvgIpc) is 3.31. The molecule has 2 heterocycles. The third-order valence-electron chi connectivity index (χ3n) is 9.49. The maximum atomic E-state index is 13.2. The van der Waals surface area contributed by atoms with E-state index in [1.165, 1.54) is 73.1 Å². The van der Waals surface area contributed by atoms with E-state index in [1.54, 1.807) is 60.7 Å². The van der Waals surface area contributed by atoms with Gasteiger partial charge in [0.05, 0.1) is 45.3 Å². The fourth-order valence-corrected chi connectivity index (χ4v) is 6.24. The van der Waals surface area contributed by atoms with Crippen molar-refractivity contribution in [2.75, 3.05) is 10.6 Å². The van der Waals surface area contributed by atoms with Crippen molar-refractivity contribution in [2.45, 2.75) is 12.4 Å². The van der Waals surface area contributed by atoms with Gasteiger partial charge < -0.3 is 25.6 Å². The van der Waals surface area contributed by atoms with E-state index in [1.807, 2.05) is 0 Å². The number of phenols is 1. The number of nitrogens with one attached hydrogen (secondary N) is 2. The second-order valence-corrected chi connectivity index (χ2v) is 14.1. The summed E-state index contributed by atoms with van der Waals surface area (Å²) in [5.74, 6) is -1.04. The number of ether oxygens (including phenoxy) is 1. The molecule has 0 atom stereocenters. The van der Waals surface area contributed by atoms with Crippen LogP contribution in [0.4, 0.5) is 72.4 Å². The van der Waals surface area contributed by atoms with Gasteiger partial charge in [0.2, 0.25) is 11.9 Å². The van der Waals surface area contributed by atoms with Gasteiger partial charge in [-0.1, -0.05) is 18.2 Å². The summed E-state index contributed by atoms with van der Waals surface area (Å²) in [5, 5.41) is 43.0. The van der Waals surface area contributed by atoms with Crippen LogP contribution in [0.5, 0.6) is 17.2 Å². The molecule has 0 radical (unpaired) electrons. The van der Waals surface area contributed by atoms with Crippen LogP contribution in [0.3, 0.4) is 0 Å². The largest absolute Gasteiger partial charge is 0.508 e. The number of nitrogens with zero attached hydrogens (tertiary/aromatic N) is 8. The lowest BCUT2D eigenvalue weighted by Gasteiger charge is -2.13. The highest BCUT2D eigenvalue weighted by molar-refractivity contribution is 5.92. The third-order valence-corrected chi connectivity index (χ3v) is 9.49. The molecule has 4 N–H and O–H groups in total. The lowest BCUT2D eigenvalue weighted by molar-refractivity contribution is -0.138. The Morgan fingerprint density at radius 3 is 1.64 bits per heavy atom. The van der Waals surface area contributed by atoms with Gasteiger partial charge in [-0.3, -0.25) is 0 Å². The Kier molecular flexibility index (Phi) is 12.6. The number of benzene rings is 6. The summed E-state index contributed by atoms with van der Waals surface area (Å²) >= 11 is 0. The predicted molar refractivity (Wildman–Crippen MR) is 234 cm³/mol. The van der Waals surface area contributed by atoms with Crippen LogP contribution in [0.25, 0.3) is 22.5 Å². The number of carboxylic acid groups (broad SMARTS) is 1. The normalized spacial score (nSPS) is 11.8. The van der Waals surface area contributed by atoms with Crippen molar-refractivity contribution in [2.24, 2.45) is 20.5 Å². The highest BCUT2D eigenvalue weighted by Gasteiger charge is 2.31. The van der Waals surface area contributed by atoms with Crippen LogP contribution in [-0.4, -0.2) is 36.1 Å². The van der Waals surface area contributed by atoms with E-state index >= 15 is 0 Å². The molecule has 0 amide bonds. The summed E-state index contributed by atoms with van der Waals surface area (Å²) in [6.07, 6.45) is -6.11. The molecular weight excluding hydrogens is 883 g/mol. The first-order valence-electron chi connectivity index (χ1n) is 19.6. The van der Waals surface area contributed by atoms with E-state index in [-0.39, 0.29) is 51.8 Å². The van der Waals surface area contributed by atoms with E-state index in [0.717, 1.165) is 24.3 Å². The molecule has 6 aromatic carbocycles. The van der Waals surface area contributed by atoms with E-state index in [0.29, 0.717) is 39.6 Å². The molecule has 0 saturated heterocycles. The predicted octanol–water partition coefficient (Wildman–Crippen LogP) is 14.2. The number of hydrogen-bond acceptors (Lipinski definition) is 13. The van der Waals surface area contributed by atoms with Crippen LogP contribution >= 0.6 is 0 Å². The molecule has 0 aliphatic carbocycles. The molecule has 0 aliphatic heterocycles. The zero-order valence-corrected chi connectivity index (χ0v) is 34.1. The van der Waals surface area contributed by atoms with Gasteiger partial charge in [0.15, 0.2) is 0 Å². The zero-order chi connectivity index (χ0) is 47.1. The van der Waals surface area contributed by atoms with E-state index in [9.17, 15) is 41.4 Å². The number of hydrogen-bond donors (Lipinski definition) is 4. The molecule has 14 nitrogen and oxygen atoms in total. The summed E-state index contributed by atoms with van der Waals surface area (Å²) in [4.78, 5) is 30.0. The van der Waals surface area contributed by atoms with Gasteiger partial charge in [-0.05, 0) is 127 Å². The zero-order valence-electron chi connectivity index (χ0n) is 34.1. The molecule has 8 rings (SSSR count). The summed E-state index contributed by atoms with van der Waals surface area (Å²) in [5.41, 5.74) is 1.54. The molecule has 0 spiro atoms. The topological polar surface area (TPSA) is 192 Å². The van der Waals surface area contributed by atoms with Gasteiger partial charge in [0, 0.05) is 34.9 Å². The molecule has 20 heteroatoms. The van der Waals surface area contributed by atoms with Crippen molar-refractivity contribution in [3.63, 3.8) is 0 Å². The first-order valence-corrected chi connectivity index (χ1v) is 19.6. The van der Waals surface area contributed by atoms with Crippen LogP contribution < -0.4 is 15.4 Å². The minimum atomic E-state index is -4.52. The van der Waals surface area contributed by atoms with Crippen LogP contribution in [0.15, 0.2) is 178 Å². The lowest BCUT2D eigenvalue weighted by atomic mass is 10.1. The van der Waals surface area contributed by atoms with Crippen molar-refractivity contribution in [3.8, 4) is 39.8 Å². The first-order chi connectivity index (χ1) is 32.1. The van der Waals surface area contributed by atoms with Crippen molar-refractivity contribution in [1.29, 1.82) is 0 Å². The van der Waals surface area contributed by atoms with Crippen LogP contribution in [-0.2, 0) is 12.4 Å². The average molecular weight is 913 g/mol. The smallest absolute Gasteiger partial charge is 0.416 e. The van der Waals surface area contributed by atoms with Crippen molar-refractivity contribution in [1.82, 2.24) is 19.9 Å². The Morgan fingerprint density at radius 1 is 0.552 bits per heavy atom. The standard InChI is InChI=1S/C47H30F6N10O4/c48-46(49,50)27-5-9-29(10-6-27)56-44-54-23-21-38(58-44)35-3-1-2-4-40(35)62-61-32-15-20-42(37(25-32)43(65)66)67-34-18-19-41(63-60-31-13-16-33(64)17-14-31)36(26-34)39-22-24-55-45(59-39)57-30-11-7-28(8-12-30)47(51,52)53/h1-26,64H,(H,65,66)(H,54,56,58)(H,55,57,59). The molecule has 8 aromatic rings. The number of halogens is 6. The highest BCUT2D eigenvalue weighted by Crippen LogP contribution is 2.39. The van der Waals surface area contributed by atoms with Crippen LogP contribution in [0.2, 0.25) is 0 Å². The molecule has 0 aliphatic rings. The van der Waals surface area contributed by atoms with Crippen molar-refractivity contribution >= 4 is 52.0 Å². The molecule has 0 bridgehead atoms.